The van der Waals surface area contributed by atoms with Gasteiger partial charge in [-0.05, 0) is 93.8 Å². The molecule has 0 spiro atoms. The van der Waals surface area contributed by atoms with Crippen LogP contribution in [0.15, 0.2) is 71.8 Å². The van der Waals surface area contributed by atoms with E-state index in [0.717, 1.165) is 29.7 Å². The second kappa shape index (κ2) is 24.7. The predicted molar refractivity (Wildman–Crippen MR) is 283 cm³/mol. The van der Waals surface area contributed by atoms with Gasteiger partial charge in [0.05, 0.1) is 79.9 Å². The summed E-state index contributed by atoms with van der Waals surface area (Å²) in [5.74, 6) is -1.37. The summed E-state index contributed by atoms with van der Waals surface area (Å²) in [6.07, 6.45) is 2.55. The molecule has 1 aliphatic carbocycles. The van der Waals surface area contributed by atoms with Gasteiger partial charge in [-0.2, -0.15) is 5.10 Å². The summed E-state index contributed by atoms with van der Waals surface area (Å²) < 4.78 is 70.2. The van der Waals surface area contributed by atoms with Crippen molar-refractivity contribution < 1.29 is 60.8 Å². The maximum atomic E-state index is 14.5. The molecule has 3 heterocycles. The molecular weight excluding hydrogens is 1000 g/mol. The lowest BCUT2D eigenvalue weighted by atomic mass is 9.85. The van der Waals surface area contributed by atoms with E-state index in [1.807, 2.05) is 18.2 Å². The largest absolute Gasteiger partial charge is 0.490 e. The van der Waals surface area contributed by atoms with E-state index in [4.69, 9.17) is 23.7 Å². The van der Waals surface area contributed by atoms with Crippen LogP contribution in [-0.2, 0) is 49.6 Å². The fraction of sp³-hybridized carbons (Fsp3) is 0.519. The van der Waals surface area contributed by atoms with Gasteiger partial charge in [-0.15, -0.1) is 0 Å². The minimum atomic E-state index is -3.92. The molecule has 1 saturated heterocycles. The quantitative estimate of drug-likeness (QED) is 0.0427. The first-order valence-electron chi connectivity index (χ1n) is 25.6. The number of likely N-dealkylation sites (N-methyl/N-ethyl adjacent to an activating group) is 1. The number of anilines is 2. The Labute approximate surface area is 442 Å². The average Bonchev–Trinajstić information content (AvgIpc) is 4.02. The summed E-state index contributed by atoms with van der Waals surface area (Å²) in [7, 11) is -2.64. The van der Waals surface area contributed by atoms with E-state index >= 15 is 0 Å². The Hall–Kier alpha value is -6.46. The van der Waals surface area contributed by atoms with Crippen molar-refractivity contribution in [3.05, 3.63) is 83.8 Å². The third-order valence-corrected chi connectivity index (χ3v) is 16.2. The third kappa shape index (κ3) is 13.7. The molecule has 4 amide bonds. The molecule has 412 valence electrons. The van der Waals surface area contributed by atoms with E-state index in [1.165, 1.54) is 42.6 Å². The molecule has 5 atom stereocenters. The fourth-order valence-corrected chi connectivity index (χ4v) is 10.5. The number of aryl methyl sites for hydroxylation is 1. The molecule has 0 saturated carbocycles. The highest BCUT2D eigenvalue weighted by Gasteiger charge is 2.46. The highest BCUT2D eigenvalue weighted by Crippen LogP contribution is 2.39. The lowest BCUT2D eigenvalue weighted by molar-refractivity contribution is -0.144. The van der Waals surface area contributed by atoms with Crippen LogP contribution in [0.2, 0.25) is 0 Å². The summed E-state index contributed by atoms with van der Waals surface area (Å²) >= 11 is 0. The lowest BCUT2D eigenvalue weighted by Crippen LogP contribution is -2.60. The topological polar surface area (TPSA) is 253 Å². The van der Waals surface area contributed by atoms with Crippen LogP contribution < -0.4 is 20.7 Å². The van der Waals surface area contributed by atoms with Crippen LogP contribution in [0.4, 0.5) is 20.7 Å². The van der Waals surface area contributed by atoms with Gasteiger partial charge in [0.15, 0.2) is 15.7 Å². The number of nitrogens with one attached hydrogen (secondary N) is 4. The van der Waals surface area contributed by atoms with Gasteiger partial charge >= 0.3 is 6.09 Å². The number of fused-ring (bicyclic) bond motifs is 3. The molecule has 2 aromatic heterocycles. The van der Waals surface area contributed by atoms with E-state index in [2.05, 4.69) is 37.2 Å². The number of sulfone groups is 1. The van der Waals surface area contributed by atoms with Crippen molar-refractivity contribution in [1.29, 1.82) is 0 Å². The van der Waals surface area contributed by atoms with Gasteiger partial charge in [0, 0.05) is 43.0 Å². The second-order valence-corrected chi connectivity index (χ2v) is 23.8. The minimum absolute atomic E-state index is 0.0178. The number of halogens is 1. The van der Waals surface area contributed by atoms with Crippen molar-refractivity contribution in [1.82, 2.24) is 35.6 Å². The Balaban J connectivity index is 0.869. The number of hydrogen-bond donors (Lipinski definition) is 5. The molecule has 1 aliphatic heterocycles. The number of likely N-dealkylation sites (tertiary alicyclic amines) is 1. The van der Waals surface area contributed by atoms with E-state index < -0.39 is 68.0 Å². The van der Waals surface area contributed by atoms with E-state index in [9.17, 15) is 37.1 Å². The van der Waals surface area contributed by atoms with E-state index in [1.54, 1.807) is 65.9 Å². The molecule has 0 unspecified atom stereocenters. The normalized spacial score (nSPS) is 17.8. The van der Waals surface area contributed by atoms with Crippen LogP contribution in [0.25, 0.3) is 21.8 Å². The molecule has 5 N–H and O–H groups in total. The summed E-state index contributed by atoms with van der Waals surface area (Å²) in [5, 5.41) is 26.8. The Morgan fingerprint density at radius 3 is 2.28 bits per heavy atom. The summed E-state index contributed by atoms with van der Waals surface area (Å²) in [4.78, 5) is 60.4. The predicted octanol–water partition coefficient (Wildman–Crippen LogP) is 6.70. The van der Waals surface area contributed by atoms with Crippen LogP contribution in [0.1, 0.15) is 84.9 Å². The number of pyridine rings is 1. The smallest absolute Gasteiger partial charge is 0.407 e. The molecule has 22 heteroatoms. The molecule has 20 nitrogen and oxygen atoms in total. The zero-order chi connectivity index (χ0) is 55.0. The van der Waals surface area contributed by atoms with Gasteiger partial charge in [-0.25, -0.2) is 17.6 Å². The number of aromatic nitrogens is 3. The number of ether oxygens (including phenoxy) is 5. The second-order valence-electron chi connectivity index (χ2n) is 21.1. The molecule has 76 heavy (non-hydrogen) atoms. The highest BCUT2D eigenvalue weighted by atomic mass is 32.2. The van der Waals surface area contributed by atoms with Crippen LogP contribution in [0.3, 0.4) is 0 Å². The van der Waals surface area contributed by atoms with Crippen molar-refractivity contribution >= 4 is 67.0 Å². The van der Waals surface area contributed by atoms with Gasteiger partial charge in [0.1, 0.15) is 41.2 Å². The Morgan fingerprint density at radius 2 is 1.59 bits per heavy atom. The third-order valence-electron chi connectivity index (χ3n) is 13.7. The molecule has 3 aromatic carbocycles. The van der Waals surface area contributed by atoms with Crippen LogP contribution >= 0.6 is 0 Å². The van der Waals surface area contributed by atoms with Crippen LogP contribution in [0.5, 0.6) is 5.75 Å². The first-order valence-corrected chi connectivity index (χ1v) is 27.0. The van der Waals surface area contributed by atoms with Gasteiger partial charge in [0.2, 0.25) is 17.7 Å². The first kappa shape index (κ1) is 57.2. The highest BCUT2D eigenvalue weighted by molar-refractivity contribution is 7.92. The molecular formula is C54H71FN8O12S. The van der Waals surface area contributed by atoms with Crippen molar-refractivity contribution in [3.8, 4) is 5.75 Å². The zero-order valence-corrected chi connectivity index (χ0v) is 45.3. The van der Waals surface area contributed by atoms with Gasteiger partial charge in [-0.3, -0.25) is 29.4 Å². The van der Waals surface area contributed by atoms with Crippen molar-refractivity contribution in [2.24, 2.45) is 5.41 Å². The number of H-pyrrole nitrogens is 1. The standard InChI is InChI=1S/C54H71FN8O12S/c1-33(62(8)52(67)68)49(64)59-47(53(2,3)4)51(66)63-32-36(29-44(63)50(65)58-40-15-11-13-34-12-9-10-14-37(34)40)74-26-24-72-22-20-71-21-23-73-25-27-75-45-31-43-38(30-46(45)76(69,70)54(5,6)7)41(18-19-56-43)57-48-39-28-35(55)16-17-42(39)60-61-48/h9-10,12,14,16-19,28,30-31,33,36,40,44,47H,11,13,15,20-27,29,32H2,1-8H3,(H,58,65)(H,59,64)(H,67,68)(H2,56,57,60,61)/t33-,36-,40+,44-,47+/m0/s1. The zero-order valence-electron chi connectivity index (χ0n) is 44.4. The Morgan fingerprint density at radius 1 is 0.908 bits per heavy atom. The number of benzene rings is 3. The lowest BCUT2D eigenvalue weighted by Gasteiger charge is -2.37. The van der Waals surface area contributed by atoms with Crippen molar-refractivity contribution in [2.45, 2.75) is 114 Å². The van der Waals surface area contributed by atoms with E-state index in [0.29, 0.717) is 33.3 Å². The Kier molecular flexibility index (Phi) is 18.6. The molecule has 5 aromatic rings. The van der Waals surface area contributed by atoms with Crippen LogP contribution in [0, 0.1) is 11.2 Å². The molecule has 0 bridgehead atoms. The molecule has 1 fully saturated rings. The van der Waals surface area contributed by atoms with Gasteiger partial charge in [0.25, 0.3) is 0 Å². The maximum absolute atomic E-state index is 14.5. The average molecular weight is 1080 g/mol. The first-order chi connectivity index (χ1) is 36.0. The van der Waals surface area contributed by atoms with Gasteiger partial charge in [-0.1, -0.05) is 45.0 Å². The number of nitrogens with zero attached hydrogens (tertiary/aromatic N) is 4. The molecule has 2 aliphatic rings. The van der Waals surface area contributed by atoms with Crippen molar-refractivity contribution in [3.63, 3.8) is 0 Å². The van der Waals surface area contributed by atoms with Gasteiger partial charge < -0.3 is 49.6 Å². The number of carbonyl (C=O) groups excluding carboxylic acids is 3. The number of aromatic amines is 1. The molecule has 0 radical (unpaired) electrons. The fourth-order valence-electron chi connectivity index (χ4n) is 9.15. The SMILES string of the molecule is C[C@@H](C(=O)N[C@H](C(=O)N1C[C@@H](OCCOCCOCCOCCOc2cc3nccc(Nc4n[nH]c5ccc(F)cc45)c3cc2S(=O)(=O)C(C)(C)C)C[C@H]1C(=O)N[C@@H]1CCCc2ccccc21)C(C)(C)C)N(C)C(=O)O. The monoisotopic (exact) mass is 1070 g/mol. The minimum Gasteiger partial charge on any atom is -0.490 e. The number of rotatable bonds is 23. The number of carboxylic acid groups (broad SMARTS) is 1. The number of hydrogen-bond acceptors (Lipinski definition) is 14. The van der Waals surface area contributed by atoms with E-state index in [-0.39, 0.29) is 88.4 Å². The Bertz CT molecular complexity index is 2980. The summed E-state index contributed by atoms with van der Waals surface area (Å²) in [6, 6.07) is 13.8. The summed E-state index contributed by atoms with van der Waals surface area (Å²) in [5.41, 5.74) is 3.03. The number of carbonyl (C=O) groups is 4. The maximum Gasteiger partial charge on any atom is 0.407 e. The van der Waals surface area contributed by atoms with Crippen LogP contribution in [-0.4, -0.2) is 158 Å². The van der Waals surface area contributed by atoms with Crippen molar-refractivity contribution in [2.75, 3.05) is 71.8 Å². The summed E-state index contributed by atoms with van der Waals surface area (Å²) in [6.45, 7) is 13.3. The molecule has 7 rings (SSSR count). The number of amides is 4.